The van der Waals surface area contributed by atoms with Crippen molar-refractivity contribution in [1.29, 1.82) is 0 Å². The summed E-state index contributed by atoms with van der Waals surface area (Å²) in [6.07, 6.45) is 5.45. The maximum atomic E-state index is 11.9. The van der Waals surface area contributed by atoms with E-state index in [9.17, 15) is 19.8 Å². The van der Waals surface area contributed by atoms with Crippen LogP contribution in [-0.2, 0) is 0 Å². The molecule has 0 fully saturated rings. The first kappa shape index (κ1) is 18.4. The van der Waals surface area contributed by atoms with E-state index in [1.807, 2.05) is 6.92 Å². The molecule has 2 unspecified atom stereocenters. The Labute approximate surface area is 134 Å². The molecule has 0 bridgehead atoms. The van der Waals surface area contributed by atoms with Gasteiger partial charge in [0.2, 0.25) is 6.04 Å². The van der Waals surface area contributed by atoms with Crippen molar-refractivity contribution in [3.8, 4) is 0 Å². The third-order valence-corrected chi connectivity index (χ3v) is 3.33. The zero-order chi connectivity index (χ0) is 17.2. The number of hydrogen-bond acceptors (Lipinski definition) is 6. The molecule has 0 aromatic carbocycles. The zero-order valence-electron chi connectivity index (χ0n) is 13.1. The lowest BCUT2D eigenvalue weighted by Crippen LogP contribution is -2.31. The van der Waals surface area contributed by atoms with Crippen molar-refractivity contribution < 1.29 is 9.72 Å². The summed E-state index contributed by atoms with van der Waals surface area (Å²) in [5.41, 5.74) is 0.837. The molecule has 0 aliphatic heterocycles. The highest BCUT2D eigenvalue weighted by Gasteiger charge is 2.22. The SMILES string of the molecule is CCCC(C(C)=CC(CNC(=O)c1cccnc1)N=O)[N+](=O)[O-]. The summed E-state index contributed by atoms with van der Waals surface area (Å²) in [5, 5.41) is 16.5. The van der Waals surface area contributed by atoms with Gasteiger partial charge in [0, 0.05) is 30.3 Å². The van der Waals surface area contributed by atoms with Gasteiger partial charge in [-0.25, -0.2) is 0 Å². The van der Waals surface area contributed by atoms with Crippen molar-refractivity contribution in [1.82, 2.24) is 10.3 Å². The minimum atomic E-state index is -0.852. The second-order valence-corrected chi connectivity index (χ2v) is 5.12. The Kier molecular flexibility index (Phi) is 7.52. The number of nitro groups is 1. The van der Waals surface area contributed by atoms with Crippen LogP contribution >= 0.6 is 0 Å². The average molecular weight is 320 g/mol. The Morgan fingerprint density at radius 3 is 2.83 bits per heavy atom. The Bertz CT molecular complexity index is 574. The lowest BCUT2D eigenvalue weighted by atomic mass is 10.0. The van der Waals surface area contributed by atoms with E-state index in [1.54, 1.807) is 25.3 Å². The highest BCUT2D eigenvalue weighted by atomic mass is 16.6. The lowest BCUT2D eigenvalue weighted by Gasteiger charge is -2.11. The number of aromatic nitrogens is 1. The van der Waals surface area contributed by atoms with E-state index in [1.165, 1.54) is 12.3 Å². The number of amides is 1. The molecule has 0 aliphatic rings. The van der Waals surface area contributed by atoms with E-state index in [4.69, 9.17) is 0 Å². The van der Waals surface area contributed by atoms with Gasteiger partial charge >= 0.3 is 0 Å². The van der Waals surface area contributed by atoms with E-state index in [0.29, 0.717) is 24.0 Å². The molecule has 2 atom stereocenters. The maximum absolute atomic E-state index is 11.9. The quantitative estimate of drug-likeness (QED) is 0.324. The zero-order valence-corrected chi connectivity index (χ0v) is 13.1. The van der Waals surface area contributed by atoms with Crippen LogP contribution < -0.4 is 5.32 Å². The molecule has 1 aromatic rings. The van der Waals surface area contributed by atoms with Gasteiger partial charge in [-0.3, -0.25) is 19.9 Å². The van der Waals surface area contributed by atoms with Gasteiger partial charge in [0.15, 0.2) is 0 Å². The van der Waals surface area contributed by atoms with Crippen LogP contribution in [0.15, 0.2) is 41.4 Å². The van der Waals surface area contributed by atoms with Gasteiger partial charge in [-0.2, -0.15) is 4.91 Å². The lowest BCUT2D eigenvalue weighted by molar-refractivity contribution is -0.513. The molecule has 0 aliphatic carbocycles. The van der Waals surface area contributed by atoms with Gasteiger partial charge in [-0.05, 0) is 37.1 Å². The van der Waals surface area contributed by atoms with Crippen LogP contribution in [0.2, 0.25) is 0 Å². The van der Waals surface area contributed by atoms with Crippen molar-refractivity contribution in [3.63, 3.8) is 0 Å². The summed E-state index contributed by atoms with van der Waals surface area (Å²) in [5.74, 6) is -0.378. The van der Waals surface area contributed by atoms with Crippen molar-refractivity contribution in [3.05, 3.63) is 56.8 Å². The Morgan fingerprint density at radius 2 is 2.30 bits per heavy atom. The molecule has 0 saturated carbocycles. The number of nitrogens with one attached hydrogen (secondary N) is 1. The average Bonchev–Trinajstić information content (AvgIpc) is 2.56. The first-order chi connectivity index (χ1) is 11.0. The highest BCUT2D eigenvalue weighted by molar-refractivity contribution is 5.93. The summed E-state index contributed by atoms with van der Waals surface area (Å²) >= 11 is 0. The molecule has 8 nitrogen and oxygen atoms in total. The normalized spacial score (nSPS) is 13.9. The molecule has 1 amide bonds. The number of pyridine rings is 1. The fourth-order valence-corrected chi connectivity index (χ4v) is 2.11. The maximum Gasteiger partial charge on any atom is 0.252 e. The van der Waals surface area contributed by atoms with Gasteiger partial charge in [0.05, 0.1) is 5.56 Å². The summed E-state index contributed by atoms with van der Waals surface area (Å²) in [7, 11) is 0. The molecule has 8 heteroatoms. The number of rotatable bonds is 9. The molecular formula is C15H20N4O4. The molecular weight excluding hydrogens is 300 g/mol. The van der Waals surface area contributed by atoms with Crippen LogP contribution in [0.3, 0.4) is 0 Å². The Morgan fingerprint density at radius 1 is 1.57 bits per heavy atom. The predicted molar refractivity (Wildman–Crippen MR) is 85.6 cm³/mol. The van der Waals surface area contributed by atoms with Crippen LogP contribution in [-0.4, -0.2) is 34.4 Å². The summed E-state index contributed by atoms with van der Waals surface area (Å²) in [6.45, 7) is 3.43. The molecule has 1 rings (SSSR count). The number of hydrogen-bond donors (Lipinski definition) is 1. The third-order valence-electron chi connectivity index (χ3n) is 3.33. The van der Waals surface area contributed by atoms with Gasteiger partial charge in [0.25, 0.3) is 5.91 Å². The monoisotopic (exact) mass is 320 g/mol. The standard InChI is InChI=1S/C15H20N4O4/c1-3-5-14(19(22)23)11(2)8-13(18-21)10-17-15(20)12-6-4-7-16-9-12/h4,6-9,13-14H,3,5,10H2,1-2H3,(H,17,20). The van der Waals surface area contributed by atoms with E-state index in [-0.39, 0.29) is 17.4 Å². The molecule has 23 heavy (non-hydrogen) atoms. The van der Waals surface area contributed by atoms with Crippen LogP contribution in [0.25, 0.3) is 0 Å². The minimum Gasteiger partial charge on any atom is -0.349 e. The predicted octanol–water partition coefficient (Wildman–Crippen LogP) is 2.34. The Hall–Kier alpha value is -2.64. The van der Waals surface area contributed by atoms with Crippen molar-refractivity contribution in [2.24, 2.45) is 5.18 Å². The first-order valence-electron chi connectivity index (χ1n) is 7.32. The number of nitrogens with zero attached hydrogens (tertiary/aromatic N) is 3. The molecule has 0 saturated heterocycles. The van der Waals surface area contributed by atoms with E-state index in [2.05, 4.69) is 15.5 Å². The molecule has 124 valence electrons. The summed E-state index contributed by atoms with van der Waals surface area (Å²) in [4.78, 5) is 37.3. The van der Waals surface area contributed by atoms with Gasteiger partial charge < -0.3 is 5.32 Å². The minimum absolute atomic E-state index is 0.0227. The number of nitroso groups, excluding NO2 is 1. The molecule has 1 aromatic heterocycles. The fourth-order valence-electron chi connectivity index (χ4n) is 2.11. The summed E-state index contributed by atoms with van der Waals surface area (Å²) in [6, 6.07) is 1.53. The topological polar surface area (TPSA) is 115 Å². The van der Waals surface area contributed by atoms with Crippen LogP contribution in [0.1, 0.15) is 37.0 Å². The van der Waals surface area contributed by atoms with Crippen molar-refractivity contribution >= 4 is 5.91 Å². The second kappa shape index (κ2) is 9.39. The van der Waals surface area contributed by atoms with Crippen LogP contribution in [0.4, 0.5) is 0 Å². The second-order valence-electron chi connectivity index (χ2n) is 5.12. The van der Waals surface area contributed by atoms with Crippen molar-refractivity contribution in [2.75, 3.05) is 6.54 Å². The highest BCUT2D eigenvalue weighted by Crippen LogP contribution is 2.13. The largest absolute Gasteiger partial charge is 0.349 e. The first-order valence-corrected chi connectivity index (χ1v) is 7.32. The summed E-state index contributed by atoms with van der Waals surface area (Å²) < 4.78 is 0. The smallest absolute Gasteiger partial charge is 0.252 e. The van der Waals surface area contributed by atoms with E-state index in [0.717, 1.165) is 0 Å². The van der Waals surface area contributed by atoms with Crippen LogP contribution in [0.5, 0.6) is 0 Å². The van der Waals surface area contributed by atoms with Gasteiger partial charge in [0.1, 0.15) is 6.04 Å². The molecule has 0 radical (unpaired) electrons. The fraction of sp³-hybridized carbons (Fsp3) is 0.467. The number of carbonyl (C=O) groups is 1. The molecule has 1 N–H and O–H groups in total. The molecule has 0 spiro atoms. The van der Waals surface area contributed by atoms with E-state index >= 15 is 0 Å². The van der Waals surface area contributed by atoms with Crippen LogP contribution in [0, 0.1) is 15.0 Å². The third kappa shape index (κ3) is 5.93. The number of carbonyl (C=O) groups excluding carboxylic acids is 1. The van der Waals surface area contributed by atoms with Gasteiger partial charge in [-0.15, -0.1) is 0 Å². The van der Waals surface area contributed by atoms with Crippen molar-refractivity contribution in [2.45, 2.75) is 38.8 Å². The van der Waals surface area contributed by atoms with Gasteiger partial charge in [-0.1, -0.05) is 12.1 Å². The Balaban J connectivity index is 2.69. The molecule has 1 heterocycles. The van der Waals surface area contributed by atoms with E-state index < -0.39 is 12.1 Å².